The fourth-order valence-electron chi connectivity index (χ4n) is 3.88. The Morgan fingerprint density at radius 1 is 1.35 bits per heavy atom. The van der Waals surface area contributed by atoms with Gasteiger partial charge in [0, 0.05) is 42.8 Å². The van der Waals surface area contributed by atoms with Crippen LogP contribution in [0.3, 0.4) is 0 Å². The molecule has 11 heteroatoms. The monoisotopic (exact) mass is 447 g/mol. The molecule has 0 aliphatic carbocycles. The van der Waals surface area contributed by atoms with Crippen LogP contribution in [-0.2, 0) is 16.0 Å². The Bertz CT molecular complexity index is 935. The van der Waals surface area contributed by atoms with Crippen molar-refractivity contribution in [3.05, 3.63) is 47.5 Å². The van der Waals surface area contributed by atoms with Gasteiger partial charge in [0.25, 0.3) is 0 Å². The van der Waals surface area contributed by atoms with Gasteiger partial charge in [-0.15, -0.1) is 0 Å². The van der Waals surface area contributed by atoms with E-state index in [4.69, 9.17) is 9.47 Å². The molecule has 1 aliphatic rings. The molecule has 31 heavy (non-hydrogen) atoms. The highest BCUT2D eigenvalue weighted by atomic mass is 19.4. The van der Waals surface area contributed by atoms with Crippen molar-refractivity contribution in [1.29, 1.82) is 0 Å². The van der Waals surface area contributed by atoms with E-state index in [0.29, 0.717) is 12.2 Å². The first-order valence-electron chi connectivity index (χ1n) is 9.53. The van der Waals surface area contributed by atoms with Crippen LogP contribution in [0, 0.1) is 17.6 Å². The summed E-state index contributed by atoms with van der Waals surface area (Å²) in [6, 6.07) is 1.90. The molecule has 0 spiro atoms. The molecule has 0 saturated carbocycles. The number of hydrogen-bond acceptors (Lipinski definition) is 4. The summed E-state index contributed by atoms with van der Waals surface area (Å²) in [5.74, 6) is -5.87. The Balaban J connectivity index is 1.95. The Morgan fingerprint density at radius 2 is 2.06 bits per heavy atom. The summed E-state index contributed by atoms with van der Waals surface area (Å²) < 4.78 is 79.7. The summed E-state index contributed by atoms with van der Waals surface area (Å²) in [4.78, 5) is 19.7. The number of rotatable bonds is 6. The first-order valence-corrected chi connectivity index (χ1v) is 9.53. The first kappa shape index (κ1) is 23.0. The quantitative estimate of drug-likeness (QED) is 0.665. The van der Waals surface area contributed by atoms with Crippen molar-refractivity contribution in [2.75, 3.05) is 13.7 Å². The molecule has 0 radical (unpaired) electrons. The minimum Gasteiger partial charge on any atom is -0.493 e. The number of carbonyl (C=O) groups excluding carboxylic acids is 1. The number of imidazole rings is 1. The maximum absolute atomic E-state index is 14.3. The third kappa shape index (κ3) is 4.10. The SMILES string of the molecule is COc1c([C@H]2[C@H](C(=O)NCCc3ncc[nH]3)O[C@@](C)(C(F)(F)F)[C@H]2C)ccc(F)c1F. The van der Waals surface area contributed by atoms with E-state index in [2.05, 4.69) is 15.3 Å². The molecule has 1 aromatic carbocycles. The number of aromatic nitrogens is 2. The Morgan fingerprint density at radius 3 is 2.65 bits per heavy atom. The number of aromatic amines is 1. The number of benzene rings is 1. The van der Waals surface area contributed by atoms with Crippen molar-refractivity contribution in [2.45, 2.75) is 44.1 Å². The summed E-state index contributed by atoms with van der Waals surface area (Å²) in [7, 11) is 1.07. The third-order valence-corrected chi connectivity index (χ3v) is 5.79. The molecule has 4 atom stereocenters. The predicted octanol–water partition coefficient (Wildman–Crippen LogP) is 3.49. The van der Waals surface area contributed by atoms with Crippen molar-refractivity contribution in [3.63, 3.8) is 0 Å². The van der Waals surface area contributed by atoms with E-state index < -0.39 is 53.0 Å². The molecule has 3 rings (SSSR count). The van der Waals surface area contributed by atoms with E-state index >= 15 is 0 Å². The smallest absolute Gasteiger partial charge is 0.417 e. The average molecular weight is 447 g/mol. The number of carbonyl (C=O) groups is 1. The fraction of sp³-hybridized carbons (Fsp3) is 0.500. The lowest BCUT2D eigenvalue weighted by atomic mass is 9.77. The van der Waals surface area contributed by atoms with E-state index in [9.17, 15) is 26.7 Å². The second-order valence-electron chi connectivity index (χ2n) is 7.52. The van der Waals surface area contributed by atoms with Crippen LogP contribution in [0.5, 0.6) is 5.75 Å². The van der Waals surface area contributed by atoms with Crippen molar-refractivity contribution >= 4 is 5.91 Å². The van der Waals surface area contributed by atoms with E-state index in [0.717, 1.165) is 26.2 Å². The molecule has 2 N–H and O–H groups in total. The van der Waals surface area contributed by atoms with E-state index in [1.165, 1.54) is 13.1 Å². The van der Waals surface area contributed by atoms with Crippen LogP contribution < -0.4 is 10.1 Å². The standard InChI is InChI=1S/C20H22F5N3O3/c1-10-14(11-4-5-12(21)15(22)16(11)30-3)17(31-19(10,2)20(23,24)25)18(29)28-7-6-13-26-8-9-27-13/h4-5,8-10,14,17H,6-7H2,1-3H3,(H,26,27)(H,28,29)/t10-,14-,17+,19+/m0/s1. The van der Waals surface area contributed by atoms with Crippen LogP contribution in [0.4, 0.5) is 22.0 Å². The zero-order valence-corrected chi connectivity index (χ0v) is 17.0. The molecular weight excluding hydrogens is 425 g/mol. The van der Waals surface area contributed by atoms with E-state index in [1.54, 1.807) is 6.20 Å². The van der Waals surface area contributed by atoms with Gasteiger partial charge in [0.1, 0.15) is 11.9 Å². The Kier molecular flexibility index (Phi) is 6.26. The molecular formula is C20H22F5N3O3. The largest absolute Gasteiger partial charge is 0.493 e. The molecule has 1 fully saturated rings. The number of halogens is 5. The van der Waals surface area contributed by atoms with Gasteiger partial charge in [-0.25, -0.2) is 9.37 Å². The van der Waals surface area contributed by atoms with Crippen molar-refractivity contribution in [3.8, 4) is 5.75 Å². The maximum atomic E-state index is 14.3. The molecule has 0 unspecified atom stereocenters. The number of amides is 1. The molecule has 1 saturated heterocycles. The Labute approximate surface area is 175 Å². The molecule has 2 heterocycles. The van der Waals surface area contributed by atoms with E-state index in [1.807, 2.05) is 0 Å². The number of H-pyrrole nitrogens is 1. The highest BCUT2D eigenvalue weighted by molar-refractivity contribution is 5.82. The van der Waals surface area contributed by atoms with Gasteiger partial charge >= 0.3 is 6.18 Å². The van der Waals surface area contributed by atoms with Crippen molar-refractivity contribution in [2.24, 2.45) is 5.92 Å². The molecule has 1 aromatic heterocycles. The van der Waals surface area contributed by atoms with Crippen molar-refractivity contribution in [1.82, 2.24) is 15.3 Å². The minimum absolute atomic E-state index is 0.0759. The zero-order chi connectivity index (χ0) is 23.0. The number of methoxy groups -OCH3 is 1. The number of nitrogens with one attached hydrogen (secondary N) is 2. The van der Waals surface area contributed by atoms with Crippen LogP contribution in [0.25, 0.3) is 0 Å². The summed E-state index contributed by atoms with van der Waals surface area (Å²) in [6.07, 6.45) is -2.97. The van der Waals surface area contributed by atoms with Gasteiger partial charge in [0.2, 0.25) is 11.7 Å². The fourth-order valence-corrected chi connectivity index (χ4v) is 3.88. The molecule has 1 aliphatic heterocycles. The van der Waals surface area contributed by atoms with Crippen LogP contribution in [0.2, 0.25) is 0 Å². The van der Waals surface area contributed by atoms with Gasteiger partial charge in [0.05, 0.1) is 7.11 Å². The van der Waals surface area contributed by atoms with Gasteiger partial charge < -0.3 is 19.8 Å². The summed E-state index contributed by atoms with van der Waals surface area (Å²) >= 11 is 0. The molecule has 170 valence electrons. The minimum atomic E-state index is -4.81. The van der Waals surface area contributed by atoms with Gasteiger partial charge in [-0.1, -0.05) is 13.0 Å². The average Bonchev–Trinajstić information content (AvgIpc) is 3.31. The summed E-state index contributed by atoms with van der Waals surface area (Å²) in [5, 5.41) is 2.54. The van der Waals surface area contributed by atoms with Gasteiger partial charge in [-0.2, -0.15) is 17.6 Å². The molecule has 0 bridgehead atoms. The number of alkyl halides is 3. The summed E-state index contributed by atoms with van der Waals surface area (Å²) in [6.45, 7) is 2.19. The first-order chi connectivity index (χ1) is 14.5. The van der Waals surface area contributed by atoms with Crippen LogP contribution in [0.1, 0.15) is 31.2 Å². The van der Waals surface area contributed by atoms with Crippen LogP contribution >= 0.6 is 0 Å². The van der Waals surface area contributed by atoms with Crippen molar-refractivity contribution < 1.29 is 36.2 Å². The normalized spacial score (nSPS) is 26.1. The Hall–Kier alpha value is -2.69. The molecule has 2 aromatic rings. The predicted molar refractivity (Wildman–Crippen MR) is 99.4 cm³/mol. The number of ether oxygens (including phenoxy) is 2. The lowest BCUT2D eigenvalue weighted by molar-refractivity contribution is -0.272. The third-order valence-electron chi connectivity index (χ3n) is 5.79. The van der Waals surface area contributed by atoms with Crippen LogP contribution in [-0.4, -0.2) is 47.4 Å². The number of nitrogens with zero attached hydrogens (tertiary/aromatic N) is 1. The van der Waals surface area contributed by atoms with Gasteiger partial charge in [-0.3, -0.25) is 4.79 Å². The second kappa shape index (κ2) is 8.45. The lowest BCUT2D eigenvalue weighted by Crippen LogP contribution is -2.47. The highest BCUT2D eigenvalue weighted by Crippen LogP contribution is 2.54. The number of hydrogen-bond donors (Lipinski definition) is 2. The zero-order valence-electron chi connectivity index (χ0n) is 17.0. The van der Waals surface area contributed by atoms with Crippen LogP contribution in [0.15, 0.2) is 24.5 Å². The van der Waals surface area contributed by atoms with Gasteiger partial charge in [-0.05, 0) is 13.0 Å². The van der Waals surface area contributed by atoms with Gasteiger partial charge in [0.15, 0.2) is 17.2 Å². The molecule has 6 nitrogen and oxygen atoms in total. The summed E-state index contributed by atoms with van der Waals surface area (Å²) in [5.41, 5.74) is -2.76. The van der Waals surface area contributed by atoms with E-state index in [-0.39, 0.29) is 12.1 Å². The topological polar surface area (TPSA) is 76.2 Å². The highest BCUT2D eigenvalue weighted by Gasteiger charge is 2.65. The maximum Gasteiger partial charge on any atom is 0.417 e. The lowest BCUT2D eigenvalue weighted by Gasteiger charge is -2.32. The molecule has 1 amide bonds. The second-order valence-corrected chi connectivity index (χ2v) is 7.52.